The molecule has 0 bridgehead atoms. The third-order valence-electron chi connectivity index (χ3n) is 3.78. The molecule has 1 unspecified atom stereocenters. The Morgan fingerprint density at radius 2 is 2.15 bits per heavy atom. The normalized spacial score (nSPS) is 21.1. The lowest BCUT2D eigenvalue weighted by Gasteiger charge is -2.06. The van der Waals surface area contributed by atoms with Crippen LogP contribution in [-0.2, 0) is 16.6 Å². The van der Waals surface area contributed by atoms with Crippen LogP contribution in [0.5, 0.6) is 0 Å². The smallest absolute Gasteiger partial charge is 0.242 e. The second-order valence-electron chi connectivity index (χ2n) is 5.87. The Labute approximate surface area is 133 Å². The fourth-order valence-corrected chi connectivity index (χ4v) is 5.86. The highest BCUT2D eigenvalue weighted by molar-refractivity contribution is 9.11. The molecule has 0 spiro atoms. The third-order valence-corrected chi connectivity index (χ3v) is 7.46. The highest BCUT2D eigenvalue weighted by atomic mass is 79.9. The summed E-state index contributed by atoms with van der Waals surface area (Å²) in [6.07, 6.45) is 1.09. The van der Waals surface area contributed by atoms with E-state index in [9.17, 15) is 8.42 Å². The van der Waals surface area contributed by atoms with Gasteiger partial charge in [0.25, 0.3) is 0 Å². The molecule has 0 radical (unpaired) electrons. The van der Waals surface area contributed by atoms with Gasteiger partial charge in [0.1, 0.15) is 4.90 Å². The number of hydrogen-bond acceptors (Lipinski definition) is 4. The highest BCUT2D eigenvalue weighted by Gasteiger charge is 2.45. The summed E-state index contributed by atoms with van der Waals surface area (Å²) in [6, 6.07) is 1.75. The molecule has 2 rings (SSSR count). The molecule has 4 nitrogen and oxygen atoms in total. The van der Waals surface area contributed by atoms with E-state index in [-0.39, 0.29) is 5.41 Å². The minimum absolute atomic E-state index is 0.282. The molecule has 1 saturated carbocycles. The number of sulfonamides is 1. The molecule has 114 valence electrons. The van der Waals surface area contributed by atoms with Crippen molar-refractivity contribution in [3.63, 3.8) is 0 Å². The van der Waals surface area contributed by atoms with E-state index in [1.165, 1.54) is 11.3 Å². The van der Waals surface area contributed by atoms with Gasteiger partial charge < -0.3 is 5.32 Å². The highest BCUT2D eigenvalue weighted by Crippen LogP contribution is 2.51. The molecule has 2 N–H and O–H groups in total. The van der Waals surface area contributed by atoms with Gasteiger partial charge in [-0.1, -0.05) is 20.8 Å². The van der Waals surface area contributed by atoms with Crippen LogP contribution in [0.4, 0.5) is 0 Å². The van der Waals surface area contributed by atoms with E-state index >= 15 is 0 Å². The molecule has 1 aromatic rings. The van der Waals surface area contributed by atoms with Gasteiger partial charge in [0, 0.05) is 18.0 Å². The van der Waals surface area contributed by atoms with E-state index < -0.39 is 10.0 Å². The first-order valence-electron chi connectivity index (χ1n) is 6.75. The molecule has 1 heterocycles. The van der Waals surface area contributed by atoms with Crippen molar-refractivity contribution < 1.29 is 8.42 Å². The summed E-state index contributed by atoms with van der Waals surface area (Å²) in [7, 11) is -3.41. The number of rotatable bonds is 7. The molecule has 0 aliphatic heterocycles. The summed E-state index contributed by atoms with van der Waals surface area (Å²) in [5.41, 5.74) is 0.282. The first kappa shape index (κ1) is 16.4. The maximum atomic E-state index is 12.3. The number of halogens is 1. The number of hydrogen-bond donors (Lipinski definition) is 2. The van der Waals surface area contributed by atoms with Crippen molar-refractivity contribution >= 4 is 37.3 Å². The van der Waals surface area contributed by atoms with Gasteiger partial charge in [-0.05, 0) is 46.3 Å². The Bertz CT molecular complexity index is 581. The topological polar surface area (TPSA) is 58.2 Å². The average Bonchev–Trinajstić information content (AvgIpc) is 2.78. The van der Waals surface area contributed by atoms with E-state index in [1.54, 1.807) is 6.07 Å². The fourth-order valence-electron chi connectivity index (χ4n) is 2.13. The lowest BCUT2D eigenvalue weighted by Crippen LogP contribution is -2.26. The Balaban J connectivity index is 2.03. The van der Waals surface area contributed by atoms with E-state index in [2.05, 4.69) is 39.8 Å². The molecule has 0 aromatic carbocycles. The first-order valence-corrected chi connectivity index (χ1v) is 9.84. The van der Waals surface area contributed by atoms with Gasteiger partial charge in [0.15, 0.2) is 0 Å². The predicted molar refractivity (Wildman–Crippen MR) is 86.5 cm³/mol. The molecular weight excluding hydrogens is 360 g/mol. The number of thiophene rings is 1. The van der Waals surface area contributed by atoms with Gasteiger partial charge >= 0.3 is 0 Å². The summed E-state index contributed by atoms with van der Waals surface area (Å²) in [5.74, 6) is 0.455. The zero-order chi connectivity index (χ0) is 15.0. The minimum Gasteiger partial charge on any atom is -0.312 e. The standard InChI is InChI=1S/C13H21BrN2O2S2/c1-4-15-8-10-5-11(12(14)19-10)20(17,18)16-7-9-6-13(9,2)3/h5,9,15-16H,4,6-8H2,1-3H3. The molecule has 0 amide bonds. The van der Waals surface area contributed by atoms with Gasteiger partial charge in [-0.15, -0.1) is 11.3 Å². The van der Waals surface area contributed by atoms with Gasteiger partial charge in [0.05, 0.1) is 3.79 Å². The van der Waals surface area contributed by atoms with E-state index in [4.69, 9.17) is 0 Å². The van der Waals surface area contributed by atoms with Crippen LogP contribution in [0.2, 0.25) is 0 Å². The zero-order valence-electron chi connectivity index (χ0n) is 12.0. The Hall–Kier alpha value is 0.0500. The van der Waals surface area contributed by atoms with Gasteiger partial charge in [0.2, 0.25) is 10.0 Å². The summed E-state index contributed by atoms with van der Waals surface area (Å²) in [5, 5.41) is 3.20. The zero-order valence-corrected chi connectivity index (χ0v) is 15.2. The molecule has 1 aromatic heterocycles. The van der Waals surface area contributed by atoms with Crippen LogP contribution >= 0.6 is 27.3 Å². The van der Waals surface area contributed by atoms with Crippen molar-refractivity contribution in [2.75, 3.05) is 13.1 Å². The SMILES string of the molecule is CCNCc1cc(S(=O)(=O)NCC2CC2(C)C)c(Br)s1. The summed E-state index contributed by atoms with van der Waals surface area (Å²) >= 11 is 4.83. The first-order chi connectivity index (χ1) is 9.26. The molecule has 0 saturated heterocycles. The largest absolute Gasteiger partial charge is 0.312 e. The van der Waals surface area contributed by atoms with Crippen molar-refractivity contribution in [3.05, 3.63) is 14.7 Å². The maximum Gasteiger partial charge on any atom is 0.242 e. The molecule has 1 atom stereocenters. The molecule has 1 fully saturated rings. The fraction of sp³-hybridized carbons (Fsp3) is 0.692. The Morgan fingerprint density at radius 3 is 2.70 bits per heavy atom. The quantitative estimate of drug-likeness (QED) is 0.764. The van der Waals surface area contributed by atoms with Crippen LogP contribution in [0, 0.1) is 11.3 Å². The van der Waals surface area contributed by atoms with Crippen molar-refractivity contribution in [3.8, 4) is 0 Å². The average molecular weight is 381 g/mol. The lowest BCUT2D eigenvalue weighted by molar-refractivity contribution is 0.537. The van der Waals surface area contributed by atoms with E-state index in [0.29, 0.717) is 27.7 Å². The van der Waals surface area contributed by atoms with Crippen LogP contribution in [-0.4, -0.2) is 21.5 Å². The summed E-state index contributed by atoms with van der Waals surface area (Å²) in [4.78, 5) is 1.37. The van der Waals surface area contributed by atoms with E-state index in [0.717, 1.165) is 17.8 Å². The van der Waals surface area contributed by atoms with Gasteiger partial charge in [-0.2, -0.15) is 0 Å². The Morgan fingerprint density at radius 1 is 1.50 bits per heavy atom. The minimum atomic E-state index is -3.41. The second kappa shape index (κ2) is 6.04. The van der Waals surface area contributed by atoms with Crippen LogP contribution in [0.15, 0.2) is 14.7 Å². The van der Waals surface area contributed by atoms with Crippen LogP contribution < -0.4 is 10.0 Å². The Kier molecular flexibility index (Phi) is 4.96. The van der Waals surface area contributed by atoms with Crippen molar-refractivity contribution in [2.45, 2.75) is 38.6 Å². The van der Waals surface area contributed by atoms with Crippen molar-refractivity contribution in [1.82, 2.24) is 10.0 Å². The van der Waals surface area contributed by atoms with Crippen molar-refractivity contribution in [2.24, 2.45) is 11.3 Å². The predicted octanol–water partition coefficient (Wildman–Crippen LogP) is 2.94. The molecule has 7 heteroatoms. The maximum absolute atomic E-state index is 12.3. The van der Waals surface area contributed by atoms with Crippen LogP contribution in [0.3, 0.4) is 0 Å². The van der Waals surface area contributed by atoms with Crippen molar-refractivity contribution in [1.29, 1.82) is 0 Å². The van der Waals surface area contributed by atoms with Gasteiger partial charge in [-0.3, -0.25) is 0 Å². The second-order valence-corrected chi connectivity index (χ2v) is 10.1. The monoisotopic (exact) mass is 380 g/mol. The third kappa shape index (κ3) is 3.82. The van der Waals surface area contributed by atoms with Crippen LogP contribution in [0.1, 0.15) is 32.1 Å². The molecule has 1 aliphatic carbocycles. The lowest BCUT2D eigenvalue weighted by atomic mass is 10.1. The van der Waals surface area contributed by atoms with Crippen LogP contribution in [0.25, 0.3) is 0 Å². The van der Waals surface area contributed by atoms with E-state index in [1.807, 2.05) is 6.92 Å². The van der Waals surface area contributed by atoms with Gasteiger partial charge in [-0.25, -0.2) is 13.1 Å². The number of nitrogens with one attached hydrogen (secondary N) is 2. The molecule has 20 heavy (non-hydrogen) atoms. The summed E-state index contributed by atoms with van der Waals surface area (Å²) in [6.45, 7) is 8.46. The molecule has 1 aliphatic rings. The summed E-state index contributed by atoms with van der Waals surface area (Å²) < 4.78 is 28.1. The molecular formula is C13H21BrN2O2S2.